The molecule has 1 aromatic heterocycles. The van der Waals surface area contributed by atoms with Crippen molar-refractivity contribution in [2.75, 3.05) is 26.4 Å². The molecule has 0 aliphatic carbocycles. The van der Waals surface area contributed by atoms with Gasteiger partial charge in [-0.25, -0.2) is 0 Å². The Hall–Kier alpha value is -4.11. The van der Waals surface area contributed by atoms with Gasteiger partial charge in [0.1, 0.15) is 23.0 Å². The molecule has 0 spiro atoms. The summed E-state index contributed by atoms with van der Waals surface area (Å²) in [7, 11) is 0. The Morgan fingerprint density at radius 1 is 0.524 bits per heavy atom. The lowest BCUT2D eigenvalue weighted by molar-refractivity contribution is 0.0980. The van der Waals surface area contributed by atoms with Crippen LogP contribution in [0, 0.1) is 0 Å². The predicted octanol–water partition coefficient (Wildman–Crippen LogP) is 6.02. The van der Waals surface area contributed by atoms with E-state index in [4.69, 9.17) is 28.4 Å². The van der Waals surface area contributed by atoms with Gasteiger partial charge in [-0.1, -0.05) is 30.3 Å². The minimum Gasteiger partial charge on any atom is -0.493 e. The van der Waals surface area contributed by atoms with Gasteiger partial charge in [0.15, 0.2) is 0 Å². The molecule has 0 atom stereocenters. The smallest absolute Gasteiger partial charge is 0.123 e. The number of hydrogen-bond acceptors (Lipinski definition) is 8. The van der Waals surface area contributed by atoms with Gasteiger partial charge in [-0.05, 0) is 65.2 Å². The number of aromatic nitrogens is 1. The molecule has 5 heterocycles. The lowest BCUT2D eigenvalue weighted by Gasteiger charge is -2.13. The molecule has 8 rings (SSSR count). The molecule has 0 unspecified atom stereocenters. The second-order valence-electron chi connectivity index (χ2n) is 9.97. The first-order valence-corrected chi connectivity index (χ1v) is 14.3. The molecule has 3 aromatic carbocycles. The van der Waals surface area contributed by atoms with Gasteiger partial charge in [0.25, 0.3) is 0 Å². The number of hydrogen-bond donors (Lipinski definition) is 1. The molecule has 0 saturated heterocycles. The molecule has 4 aromatic rings. The summed E-state index contributed by atoms with van der Waals surface area (Å²) in [4.78, 5) is 4.67. The molecule has 8 nitrogen and oxygen atoms in total. The standard InChI is InChI=1S/C34H37NO7/c36-21-28-18-33-20-34(19-28)42-17-3-15-40-32-12-8-27(9-13-32)23-38-25-30-5-1-4-29(35-30)24-37-22-26-6-10-31(11-7-26)39-14-2-16-41-33/h1,4-13,18-20,36H,2-3,14-17,21-25H2. The topological polar surface area (TPSA) is 88.5 Å². The molecule has 8 bridgehead atoms. The second kappa shape index (κ2) is 15.8. The van der Waals surface area contributed by atoms with E-state index in [-0.39, 0.29) is 6.61 Å². The van der Waals surface area contributed by atoms with Crippen molar-refractivity contribution in [1.29, 1.82) is 0 Å². The molecule has 1 N–H and O–H groups in total. The summed E-state index contributed by atoms with van der Waals surface area (Å²) < 4.78 is 35.4. The van der Waals surface area contributed by atoms with Crippen molar-refractivity contribution in [3.63, 3.8) is 0 Å². The van der Waals surface area contributed by atoms with Crippen LogP contribution in [-0.4, -0.2) is 36.5 Å². The van der Waals surface area contributed by atoms with Crippen molar-refractivity contribution in [3.8, 4) is 23.0 Å². The van der Waals surface area contributed by atoms with E-state index in [0.717, 1.165) is 39.6 Å². The Labute approximate surface area is 246 Å². The van der Waals surface area contributed by atoms with E-state index in [0.29, 0.717) is 77.2 Å². The van der Waals surface area contributed by atoms with Crippen LogP contribution >= 0.6 is 0 Å². The summed E-state index contributed by atoms with van der Waals surface area (Å²) in [6.45, 7) is 3.71. The van der Waals surface area contributed by atoms with Crippen molar-refractivity contribution in [3.05, 3.63) is 113 Å². The van der Waals surface area contributed by atoms with Crippen LogP contribution in [0.2, 0.25) is 0 Å². The Morgan fingerprint density at radius 3 is 1.43 bits per heavy atom. The summed E-state index contributed by atoms with van der Waals surface area (Å²) in [5, 5.41) is 9.67. The number of ether oxygens (including phenoxy) is 6. The lowest BCUT2D eigenvalue weighted by atomic mass is 10.2. The SMILES string of the molecule is OCc1cc2cc(c1)OCCCOc1ccc(cc1)COCc1cccc(n1)COCc1ccc(cc1)OCCCO2. The van der Waals surface area contributed by atoms with Crippen LogP contribution in [0.15, 0.2) is 84.9 Å². The highest BCUT2D eigenvalue weighted by Gasteiger charge is 2.06. The van der Waals surface area contributed by atoms with E-state index >= 15 is 0 Å². The molecule has 8 heteroatoms. The normalized spacial score (nSPS) is 15.5. The molecule has 4 aliphatic heterocycles. The van der Waals surface area contributed by atoms with Crippen LogP contribution in [0.1, 0.15) is 40.9 Å². The Bertz CT molecular complexity index is 1280. The Kier molecular flexibility index (Phi) is 11.0. The summed E-state index contributed by atoms with van der Waals surface area (Å²) in [6, 6.07) is 27.2. The first kappa shape index (κ1) is 29.4. The maximum Gasteiger partial charge on any atom is 0.123 e. The summed E-state index contributed by atoms with van der Waals surface area (Å²) >= 11 is 0. The molecule has 0 amide bonds. The van der Waals surface area contributed by atoms with Crippen molar-refractivity contribution in [2.45, 2.75) is 45.9 Å². The van der Waals surface area contributed by atoms with Crippen molar-refractivity contribution >= 4 is 0 Å². The van der Waals surface area contributed by atoms with Gasteiger partial charge in [0.2, 0.25) is 0 Å². The van der Waals surface area contributed by atoms with Crippen molar-refractivity contribution < 1.29 is 33.5 Å². The summed E-state index contributed by atoms with van der Waals surface area (Å²) in [6.07, 6.45) is 1.42. The van der Waals surface area contributed by atoms with Gasteiger partial charge < -0.3 is 33.5 Å². The maximum absolute atomic E-state index is 9.67. The van der Waals surface area contributed by atoms with Gasteiger partial charge in [0, 0.05) is 18.9 Å². The Balaban J connectivity index is 1.20. The van der Waals surface area contributed by atoms with Gasteiger partial charge in [-0.15, -0.1) is 0 Å². The van der Waals surface area contributed by atoms with Gasteiger partial charge >= 0.3 is 0 Å². The lowest BCUT2D eigenvalue weighted by Crippen LogP contribution is -2.07. The van der Waals surface area contributed by atoms with Crippen LogP contribution in [0.25, 0.3) is 0 Å². The first-order chi connectivity index (χ1) is 20.7. The van der Waals surface area contributed by atoms with E-state index in [1.54, 1.807) is 0 Å². The second-order valence-corrected chi connectivity index (χ2v) is 9.97. The van der Waals surface area contributed by atoms with E-state index < -0.39 is 0 Å². The third-order valence-corrected chi connectivity index (χ3v) is 6.52. The van der Waals surface area contributed by atoms with E-state index in [9.17, 15) is 5.11 Å². The number of pyridine rings is 1. The number of rotatable bonds is 1. The average molecular weight is 572 g/mol. The minimum absolute atomic E-state index is 0.0917. The van der Waals surface area contributed by atoms with E-state index in [1.807, 2.05) is 84.9 Å². The fourth-order valence-corrected chi connectivity index (χ4v) is 4.37. The third kappa shape index (κ3) is 9.48. The largest absolute Gasteiger partial charge is 0.493 e. The molecular formula is C34H37NO7. The number of aliphatic hydroxyl groups is 1. The molecular weight excluding hydrogens is 534 g/mol. The van der Waals surface area contributed by atoms with Crippen LogP contribution in [0.3, 0.4) is 0 Å². The summed E-state index contributed by atoms with van der Waals surface area (Å²) in [5.41, 5.74) is 4.58. The predicted molar refractivity (Wildman–Crippen MR) is 158 cm³/mol. The summed E-state index contributed by atoms with van der Waals surface area (Å²) in [5.74, 6) is 2.90. The third-order valence-electron chi connectivity index (χ3n) is 6.52. The molecule has 42 heavy (non-hydrogen) atoms. The van der Waals surface area contributed by atoms with Crippen molar-refractivity contribution in [2.24, 2.45) is 0 Å². The molecule has 220 valence electrons. The number of benzene rings is 3. The molecule has 0 radical (unpaired) electrons. The molecule has 0 saturated carbocycles. The quantitative estimate of drug-likeness (QED) is 0.297. The van der Waals surface area contributed by atoms with Gasteiger partial charge in [-0.3, -0.25) is 4.98 Å². The van der Waals surface area contributed by atoms with Crippen LogP contribution < -0.4 is 18.9 Å². The fraction of sp³-hybridized carbons (Fsp3) is 0.324. The fourth-order valence-electron chi connectivity index (χ4n) is 4.37. The zero-order chi connectivity index (χ0) is 28.8. The Morgan fingerprint density at radius 2 is 0.976 bits per heavy atom. The monoisotopic (exact) mass is 571 g/mol. The highest BCUT2D eigenvalue weighted by atomic mass is 16.5. The minimum atomic E-state index is -0.0917. The zero-order valence-corrected chi connectivity index (χ0v) is 23.7. The van der Waals surface area contributed by atoms with Crippen LogP contribution in [0.4, 0.5) is 0 Å². The first-order valence-electron chi connectivity index (χ1n) is 14.3. The van der Waals surface area contributed by atoms with Gasteiger partial charge in [-0.2, -0.15) is 0 Å². The van der Waals surface area contributed by atoms with E-state index in [2.05, 4.69) is 4.98 Å². The van der Waals surface area contributed by atoms with E-state index in [1.165, 1.54) is 0 Å². The van der Waals surface area contributed by atoms with Gasteiger partial charge in [0.05, 0.1) is 70.8 Å². The van der Waals surface area contributed by atoms with Crippen LogP contribution in [-0.2, 0) is 42.5 Å². The number of nitrogens with zero attached hydrogens (tertiary/aromatic N) is 1. The van der Waals surface area contributed by atoms with Crippen LogP contribution in [0.5, 0.6) is 23.0 Å². The molecule has 0 fully saturated rings. The maximum atomic E-state index is 9.67. The molecule has 4 aliphatic rings. The zero-order valence-electron chi connectivity index (χ0n) is 23.7. The number of aliphatic hydroxyl groups excluding tert-OH is 1. The van der Waals surface area contributed by atoms with Crippen molar-refractivity contribution in [1.82, 2.24) is 4.98 Å². The highest BCUT2D eigenvalue weighted by molar-refractivity contribution is 5.38. The average Bonchev–Trinajstić information content (AvgIpc) is 3.02. The highest BCUT2D eigenvalue weighted by Crippen LogP contribution is 2.24.